The van der Waals surface area contributed by atoms with Crippen molar-refractivity contribution in [3.8, 4) is 0 Å². The van der Waals surface area contributed by atoms with E-state index in [9.17, 15) is 14.9 Å². The number of nitro groups is 1. The van der Waals surface area contributed by atoms with Gasteiger partial charge in [0.05, 0.1) is 16.6 Å². The zero-order valence-electron chi connectivity index (χ0n) is 15.6. The Morgan fingerprint density at radius 3 is 2.52 bits per heavy atom. The fourth-order valence-corrected chi connectivity index (χ4v) is 2.98. The maximum Gasteiger partial charge on any atom is 0.271 e. The van der Waals surface area contributed by atoms with E-state index in [4.69, 9.17) is 0 Å². The fourth-order valence-electron chi connectivity index (χ4n) is 2.98. The van der Waals surface area contributed by atoms with Crippen molar-refractivity contribution in [3.05, 3.63) is 70.4 Å². The Hall–Kier alpha value is -3.22. The predicted molar refractivity (Wildman–Crippen MR) is 103 cm³/mol. The lowest BCUT2D eigenvalue weighted by Crippen LogP contribution is -2.46. The van der Waals surface area contributed by atoms with Crippen LogP contribution in [0.3, 0.4) is 0 Å². The highest BCUT2D eigenvalue weighted by Crippen LogP contribution is 2.22. The molecule has 0 radical (unpaired) electrons. The Bertz CT molecular complexity index is 974. The van der Waals surface area contributed by atoms with Crippen LogP contribution in [0.5, 0.6) is 0 Å². The van der Waals surface area contributed by atoms with E-state index in [1.807, 2.05) is 51.1 Å². The van der Waals surface area contributed by atoms with Crippen molar-refractivity contribution in [2.45, 2.75) is 39.4 Å². The molecule has 1 aromatic heterocycles. The molecule has 0 saturated carbocycles. The molecule has 140 valence electrons. The number of hydrogen-bond acceptors (Lipinski definition) is 4. The number of rotatable bonds is 5. The van der Waals surface area contributed by atoms with Gasteiger partial charge < -0.3 is 4.90 Å². The van der Waals surface area contributed by atoms with Gasteiger partial charge in [0.25, 0.3) is 5.69 Å². The molecule has 27 heavy (non-hydrogen) atoms. The standard InChI is InChI=1S/C20H22N4O3/c1-20(2,3)22(13-15-7-5-4-6-8-15)19(25)14-23-18-11-17(24(26)27)10-9-16(18)12-21-23/h4-12H,13-14H2,1-3H3. The Kier molecular flexibility index (Phi) is 4.94. The van der Waals surface area contributed by atoms with Gasteiger partial charge in [-0.15, -0.1) is 0 Å². The molecular weight excluding hydrogens is 344 g/mol. The zero-order chi connectivity index (χ0) is 19.6. The Morgan fingerprint density at radius 1 is 1.19 bits per heavy atom. The van der Waals surface area contributed by atoms with Gasteiger partial charge in [0.15, 0.2) is 0 Å². The zero-order valence-corrected chi connectivity index (χ0v) is 15.6. The first-order chi connectivity index (χ1) is 12.8. The molecule has 0 fully saturated rings. The smallest absolute Gasteiger partial charge is 0.271 e. The van der Waals surface area contributed by atoms with Crippen molar-refractivity contribution in [3.63, 3.8) is 0 Å². The Balaban J connectivity index is 1.88. The second-order valence-electron chi connectivity index (χ2n) is 7.44. The number of hydrogen-bond donors (Lipinski definition) is 0. The molecule has 0 aliphatic carbocycles. The van der Waals surface area contributed by atoms with Crippen molar-refractivity contribution >= 4 is 22.5 Å². The van der Waals surface area contributed by atoms with Crippen LogP contribution in [-0.4, -0.2) is 31.0 Å². The third-order valence-electron chi connectivity index (χ3n) is 4.42. The highest BCUT2D eigenvalue weighted by Gasteiger charge is 2.27. The largest absolute Gasteiger partial charge is 0.332 e. The van der Waals surface area contributed by atoms with Crippen LogP contribution < -0.4 is 0 Å². The van der Waals surface area contributed by atoms with E-state index in [0.29, 0.717) is 12.1 Å². The molecule has 2 aromatic carbocycles. The lowest BCUT2D eigenvalue weighted by Gasteiger charge is -2.36. The predicted octanol–water partition coefficient (Wildman–Crippen LogP) is 3.77. The molecule has 0 unspecified atom stereocenters. The van der Waals surface area contributed by atoms with Crippen molar-refractivity contribution in [1.29, 1.82) is 0 Å². The number of aromatic nitrogens is 2. The maximum atomic E-state index is 13.1. The van der Waals surface area contributed by atoms with Gasteiger partial charge in [0.2, 0.25) is 5.91 Å². The molecule has 7 heteroatoms. The third kappa shape index (κ3) is 4.13. The van der Waals surface area contributed by atoms with Gasteiger partial charge in [-0.25, -0.2) is 0 Å². The van der Waals surface area contributed by atoms with Crippen molar-refractivity contribution in [1.82, 2.24) is 14.7 Å². The summed E-state index contributed by atoms with van der Waals surface area (Å²) in [4.78, 5) is 25.4. The number of nitrogens with zero attached hydrogens (tertiary/aromatic N) is 4. The van der Waals surface area contributed by atoms with Crippen molar-refractivity contribution < 1.29 is 9.72 Å². The normalized spacial score (nSPS) is 11.5. The first kappa shape index (κ1) is 18.6. The lowest BCUT2D eigenvalue weighted by molar-refractivity contribution is -0.384. The van der Waals surface area contributed by atoms with Crippen LogP contribution >= 0.6 is 0 Å². The summed E-state index contributed by atoms with van der Waals surface area (Å²) in [5, 5.41) is 16.1. The average molecular weight is 366 g/mol. The fraction of sp³-hybridized carbons (Fsp3) is 0.300. The molecule has 1 heterocycles. The quantitative estimate of drug-likeness (QED) is 0.508. The number of carbonyl (C=O) groups is 1. The van der Waals surface area contributed by atoms with Crippen molar-refractivity contribution in [2.24, 2.45) is 0 Å². The molecule has 3 aromatic rings. The highest BCUT2D eigenvalue weighted by molar-refractivity contribution is 5.84. The van der Waals surface area contributed by atoms with E-state index >= 15 is 0 Å². The van der Waals surface area contributed by atoms with Crippen molar-refractivity contribution in [2.75, 3.05) is 0 Å². The van der Waals surface area contributed by atoms with Gasteiger partial charge in [0, 0.05) is 29.6 Å². The second kappa shape index (κ2) is 7.19. The second-order valence-corrected chi connectivity index (χ2v) is 7.44. The number of fused-ring (bicyclic) bond motifs is 1. The molecule has 0 bridgehead atoms. The minimum atomic E-state index is -0.449. The first-order valence-electron chi connectivity index (χ1n) is 8.70. The van der Waals surface area contributed by atoms with Crippen LogP contribution in [0, 0.1) is 10.1 Å². The average Bonchev–Trinajstić information content (AvgIpc) is 3.01. The van der Waals surface area contributed by atoms with E-state index in [2.05, 4.69) is 5.10 Å². The van der Waals surface area contributed by atoms with E-state index < -0.39 is 4.92 Å². The van der Waals surface area contributed by atoms with Gasteiger partial charge in [-0.2, -0.15) is 5.10 Å². The molecule has 0 aliphatic heterocycles. The Morgan fingerprint density at radius 2 is 1.89 bits per heavy atom. The molecular formula is C20H22N4O3. The summed E-state index contributed by atoms with van der Waals surface area (Å²) in [6, 6.07) is 14.3. The van der Waals surface area contributed by atoms with Crippen LogP contribution in [0.4, 0.5) is 5.69 Å². The van der Waals surface area contributed by atoms with Gasteiger partial charge in [-0.3, -0.25) is 19.6 Å². The van der Waals surface area contributed by atoms with Gasteiger partial charge in [-0.05, 0) is 32.4 Å². The Labute approximate surface area is 157 Å². The van der Waals surface area contributed by atoms with E-state index in [-0.39, 0.29) is 23.7 Å². The van der Waals surface area contributed by atoms with Crippen LogP contribution in [0.25, 0.3) is 10.9 Å². The summed E-state index contributed by atoms with van der Waals surface area (Å²) >= 11 is 0. The summed E-state index contributed by atoms with van der Waals surface area (Å²) in [5.41, 5.74) is 1.23. The minimum Gasteiger partial charge on any atom is -0.332 e. The summed E-state index contributed by atoms with van der Waals surface area (Å²) in [6.07, 6.45) is 1.62. The van der Waals surface area contributed by atoms with Crippen LogP contribution in [0.1, 0.15) is 26.3 Å². The number of nitro benzene ring substituents is 1. The monoisotopic (exact) mass is 366 g/mol. The maximum absolute atomic E-state index is 13.1. The van der Waals surface area contributed by atoms with Gasteiger partial charge in [-0.1, -0.05) is 30.3 Å². The molecule has 1 amide bonds. The molecule has 0 N–H and O–H groups in total. The summed E-state index contributed by atoms with van der Waals surface area (Å²) in [7, 11) is 0. The van der Waals surface area contributed by atoms with E-state index in [1.54, 1.807) is 17.2 Å². The first-order valence-corrected chi connectivity index (χ1v) is 8.70. The highest BCUT2D eigenvalue weighted by atomic mass is 16.6. The third-order valence-corrected chi connectivity index (χ3v) is 4.42. The molecule has 0 saturated heterocycles. The van der Waals surface area contributed by atoms with Crippen LogP contribution in [-0.2, 0) is 17.9 Å². The summed E-state index contributed by atoms with van der Waals surface area (Å²) in [6.45, 7) is 6.47. The minimum absolute atomic E-state index is 0.0198. The van der Waals surface area contributed by atoms with E-state index in [1.165, 1.54) is 16.8 Å². The number of carbonyl (C=O) groups excluding carboxylic acids is 1. The molecule has 3 rings (SSSR count). The van der Waals surface area contributed by atoms with Crippen LogP contribution in [0.15, 0.2) is 54.7 Å². The van der Waals surface area contributed by atoms with Crippen LogP contribution in [0.2, 0.25) is 0 Å². The summed E-state index contributed by atoms with van der Waals surface area (Å²) < 4.78 is 1.52. The van der Waals surface area contributed by atoms with E-state index in [0.717, 1.165) is 10.9 Å². The number of amides is 1. The number of benzene rings is 2. The lowest BCUT2D eigenvalue weighted by atomic mass is 10.0. The molecule has 0 atom stereocenters. The van der Waals surface area contributed by atoms with Gasteiger partial charge in [0.1, 0.15) is 6.54 Å². The topological polar surface area (TPSA) is 81.3 Å². The molecule has 7 nitrogen and oxygen atoms in total. The number of non-ortho nitro benzene ring substituents is 1. The summed E-state index contributed by atoms with van der Waals surface area (Å²) in [5.74, 6) is -0.0946. The SMILES string of the molecule is CC(C)(C)N(Cc1ccccc1)C(=O)Cn1ncc2ccc([N+](=O)[O-])cc21. The molecule has 0 spiro atoms. The molecule has 0 aliphatic rings. The van der Waals surface area contributed by atoms with Gasteiger partial charge >= 0.3 is 0 Å².